The third-order valence-corrected chi connectivity index (χ3v) is 4.99. The predicted molar refractivity (Wildman–Crippen MR) is 97.3 cm³/mol. The molecule has 2 fully saturated rings. The van der Waals surface area contributed by atoms with Crippen molar-refractivity contribution < 1.29 is 4.79 Å². The van der Waals surface area contributed by atoms with E-state index < -0.39 is 0 Å². The number of hydrogen-bond acceptors (Lipinski definition) is 3. The van der Waals surface area contributed by atoms with E-state index in [0.717, 1.165) is 43.7 Å². The second kappa shape index (κ2) is 8.13. The van der Waals surface area contributed by atoms with E-state index in [-0.39, 0.29) is 18.3 Å². The average molecular weight is 338 g/mol. The number of hydrogen-bond donors (Lipinski definition) is 2. The summed E-state index contributed by atoms with van der Waals surface area (Å²) in [6.07, 6.45) is 1.22. The van der Waals surface area contributed by atoms with Gasteiger partial charge in [0, 0.05) is 12.2 Å². The minimum absolute atomic E-state index is 0. The molecule has 0 aromatic heterocycles. The highest BCUT2D eigenvalue weighted by atomic mass is 35.5. The van der Waals surface area contributed by atoms with Crippen LogP contribution in [0.25, 0.3) is 0 Å². The Kier molecular flexibility index (Phi) is 6.45. The standard InChI is InChI=1S/C18H27N3O.ClH/c1-13(2)14-4-3-5-17(8-14)20-18(22)12-21-7-6-15-9-19-10-16(15)11-21;/h3-5,8,13,15-16,19H,6-7,9-12H2,1-2H3,(H,20,22);1H. The van der Waals surface area contributed by atoms with Crippen LogP contribution >= 0.6 is 12.4 Å². The van der Waals surface area contributed by atoms with Crippen LogP contribution in [-0.2, 0) is 4.79 Å². The largest absolute Gasteiger partial charge is 0.325 e. The molecule has 23 heavy (non-hydrogen) atoms. The molecule has 1 amide bonds. The SMILES string of the molecule is CC(C)c1cccc(NC(=O)CN2CCC3CNCC3C2)c1.Cl. The zero-order valence-electron chi connectivity index (χ0n) is 14.0. The van der Waals surface area contributed by atoms with E-state index in [4.69, 9.17) is 0 Å². The minimum Gasteiger partial charge on any atom is -0.325 e. The number of carbonyl (C=O) groups excluding carboxylic acids is 1. The lowest BCUT2D eigenvalue weighted by atomic mass is 9.89. The van der Waals surface area contributed by atoms with Crippen LogP contribution in [0.5, 0.6) is 0 Å². The van der Waals surface area contributed by atoms with E-state index in [9.17, 15) is 4.79 Å². The molecule has 0 spiro atoms. The molecule has 128 valence electrons. The van der Waals surface area contributed by atoms with Gasteiger partial charge in [-0.25, -0.2) is 0 Å². The summed E-state index contributed by atoms with van der Waals surface area (Å²) in [4.78, 5) is 14.6. The summed E-state index contributed by atoms with van der Waals surface area (Å²) in [5, 5.41) is 6.52. The number of carbonyl (C=O) groups is 1. The highest BCUT2D eigenvalue weighted by Gasteiger charge is 2.33. The van der Waals surface area contributed by atoms with Crippen LogP contribution < -0.4 is 10.6 Å². The van der Waals surface area contributed by atoms with Crippen LogP contribution in [0.2, 0.25) is 0 Å². The molecular weight excluding hydrogens is 310 g/mol. The summed E-state index contributed by atoms with van der Waals surface area (Å²) in [6.45, 7) is 9.21. The number of benzene rings is 1. The quantitative estimate of drug-likeness (QED) is 0.888. The van der Waals surface area contributed by atoms with E-state index >= 15 is 0 Å². The molecular formula is C18H28ClN3O. The van der Waals surface area contributed by atoms with Crippen molar-refractivity contribution in [1.82, 2.24) is 10.2 Å². The van der Waals surface area contributed by atoms with Crippen molar-refractivity contribution in [3.63, 3.8) is 0 Å². The Morgan fingerprint density at radius 2 is 2.13 bits per heavy atom. The van der Waals surface area contributed by atoms with E-state index in [1.807, 2.05) is 12.1 Å². The summed E-state index contributed by atoms with van der Waals surface area (Å²) in [6, 6.07) is 8.17. The lowest BCUT2D eigenvalue weighted by Gasteiger charge is -2.33. The molecule has 0 bridgehead atoms. The first-order valence-corrected chi connectivity index (χ1v) is 8.44. The Morgan fingerprint density at radius 1 is 1.35 bits per heavy atom. The van der Waals surface area contributed by atoms with Crippen LogP contribution in [0.15, 0.2) is 24.3 Å². The van der Waals surface area contributed by atoms with Gasteiger partial charge in [-0.05, 0) is 61.5 Å². The van der Waals surface area contributed by atoms with Gasteiger partial charge in [-0.15, -0.1) is 12.4 Å². The smallest absolute Gasteiger partial charge is 0.238 e. The molecule has 2 unspecified atom stereocenters. The molecule has 5 heteroatoms. The van der Waals surface area contributed by atoms with E-state index in [1.54, 1.807) is 0 Å². The molecule has 2 atom stereocenters. The van der Waals surface area contributed by atoms with Gasteiger partial charge >= 0.3 is 0 Å². The van der Waals surface area contributed by atoms with Crippen molar-refractivity contribution in [1.29, 1.82) is 0 Å². The molecule has 0 aliphatic carbocycles. The second-order valence-corrected chi connectivity index (χ2v) is 7.03. The highest BCUT2D eigenvalue weighted by molar-refractivity contribution is 5.92. The first-order valence-electron chi connectivity index (χ1n) is 8.44. The number of nitrogens with one attached hydrogen (secondary N) is 2. The average Bonchev–Trinajstić information content (AvgIpc) is 2.95. The van der Waals surface area contributed by atoms with Crippen molar-refractivity contribution >= 4 is 24.0 Å². The molecule has 2 saturated heterocycles. The molecule has 2 aliphatic heterocycles. The predicted octanol–water partition coefficient (Wildman–Crippen LogP) is 2.71. The number of anilines is 1. The van der Waals surface area contributed by atoms with Gasteiger partial charge in [0.05, 0.1) is 6.54 Å². The highest BCUT2D eigenvalue weighted by Crippen LogP contribution is 2.26. The van der Waals surface area contributed by atoms with Crippen LogP contribution in [-0.4, -0.2) is 43.5 Å². The third kappa shape index (κ3) is 4.69. The van der Waals surface area contributed by atoms with Gasteiger partial charge in [-0.1, -0.05) is 26.0 Å². The lowest BCUT2D eigenvalue weighted by molar-refractivity contribution is -0.117. The molecule has 2 N–H and O–H groups in total. The molecule has 1 aromatic carbocycles. The summed E-state index contributed by atoms with van der Waals surface area (Å²) in [5.74, 6) is 2.13. The van der Waals surface area contributed by atoms with E-state index in [0.29, 0.717) is 12.5 Å². The Bertz CT molecular complexity index is 535. The minimum atomic E-state index is 0. The maximum atomic E-state index is 12.3. The first-order chi connectivity index (χ1) is 10.6. The van der Waals surface area contributed by atoms with E-state index in [2.05, 4.69) is 41.5 Å². The van der Waals surface area contributed by atoms with Crippen LogP contribution in [0.4, 0.5) is 5.69 Å². The van der Waals surface area contributed by atoms with Crippen LogP contribution in [0, 0.1) is 11.8 Å². The Balaban J connectivity index is 0.00000192. The maximum absolute atomic E-state index is 12.3. The van der Waals surface area contributed by atoms with Crippen molar-refractivity contribution in [2.45, 2.75) is 26.2 Å². The summed E-state index contributed by atoms with van der Waals surface area (Å²) < 4.78 is 0. The fraction of sp³-hybridized carbons (Fsp3) is 0.611. The van der Waals surface area contributed by atoms with Crippen molar-refractivity contribution in [3.8, 4) is 0 Å². The second-order valence-electron chi connectivity index (χ2n) is 7.03. The van der Waals surface area contributed by atoms with E-state index in [1.165, 1.54) is 12.0 Å². The number of amides is 1. The fourth-order valence-corrected chi connectivity index (χ4v) is 3.63. The van der Waals surface area contributed by atoms with Gasteiger partial charge in [0.2, 0.25) is 5.91 Å². The molecule has 4 nitrogen and oxygen atoms in total. The molecule has 2 heterocycles. The zero-order chi connectivity index (χ0) is 15.5. The normalized spacial score (nSPS) is 24.1. The van der Waals surface area contributed by atoms with Crippen molar-refractivity contribution in [3.05, 3.63) is 29.8 Å². The first kappa shape index (κ1) is 18.2. The van der Waals surface area contributed by atoms with Gasteiger partial charge in [-0.3, -0.25) is 9.69 Å². The lowest BCUT2D eigenvalue weighted by Crippen LogP contribution is -2.43. The number of fused-ring (bicyclic) bond motifs is 1. The van der Waals surface area contributed by atoms with Gasteiger partial charge in [0.1, 0.15) is 0 Å². The summed E-state index contributed by atoms with van der Waals surface area (Å²) in [5.41, 5.74) is 2.17. The van der Waals surface area contributed by atoms with Gasteiger partial charge < -0.3 is 10.6 Å². The number of halogens is 1. The Morgan fingerprint density at radius 3 is 2.91 bits per heavy atom. The zero-order valence-corrected chi connectivity index (χ0v) is 14.9. The molecule has 0 radical (unpaired) electrons. The maximum Gasteiger partial charge on any atom is 0.238 e. The third-order valence-electron chi connectivity index (χ3n) is 4.99. The summed E-state index contributed by atoms with van der Waals surface area (Å²) in [7, 11) is 0. The van der Waals surface area contributed by atoms with Gasteiger partial charge in [0.15, 0.2) is 0 Å². The molecule has 0 saturated carbocycles. The topological polar surface area (TPSA) is 44.4 Å². The number of nitrogens with zero attached hydrogens (tertiary/aromatic N) is 1. The molecule has 2 aliphatic rings. The van der Waals surface area contributed by atoms with Gasteiger partial charge in [0.25, 0.3) is 0 Å². The molecule has 3 rings (SSSR count). The number of likely N-dealkylation sites (tertiary alicyclic amines) is 1. The van der Waals surface area contributed by atoms with Crippen molar-refractivity contribution in [2.75, 3.05) is 38.0 Å². The number of rotatable bonds is 4. The Labute approximate surface area is 145 Å². The summed E-state index contributed by atoms with van der Waals surface area (Å²) >= 11 is 0. The van der Waals surface area contributed by atoms with Crippen LogP contribution in [0.1, 0.15) is 31.7 Å². The molecule has 1 aromatic rings. The fourth-order valence-electron chi connectivity index (χ4n) is 3.63. The Hall–Kier alpha value is -1.10. The van der Waals surface area contributed by atoms with Crippen molar-refractivity contribution in [2.24, 2.45) is 11.8 Å². The van der Waals surface area contributed by atoms with Crippen LogP contribution in [0.3, 0.4) is 0 Å². The van der Waals surface area contributed by atoms with Gasteiger partial charge in [-0.2, -0.15) is 0 Å². The number of piperidine rings is 1. The monoisotopic (exact) mass is 337 g/mol.